The van der Waals surface area contributed by atoms with E-state index >= 15 is 4.39 Å². The van der Waals surface area contributed by atoms with Crippen LogP contribution in [-0.4, -0.2) is 6.61 Å². The Morgan fingerprint density at radius 1 is 0.725 bits per heavy atom. The van der Waals surface area contributed by atoms with Crippen molar-refractivity contribution in [1.82, 2.24) is 0 Å². The fourth-order valence-electron chi connectivity index (χ4n) is 4.89. The van der Waals surface area contributed by atoms with Crippen molar-refractivity contribution >= 4 is 5.57 Å². The van der Waals surface area contributed by atoms with Gasteiger partial charge in [-0.15, -0.1) is 0 Å². The second-order valence-electron chi connectivity index (χ2n) is 10.1. The van der Waals surface area contributed by atoms with Gasteiger partial charge in [0.2, 0.25) is 11.6 Å². The molecular weight excluding hydrogens is 530 g/mol. The second kappa shape index (κ2) is 13.3. The van der Waals surface area contributed by atoms with E-state index in [9.17, 15) is 22.0 Å². The fraction of sp³-hybridized carbons (Fsp3) is 0.375. The lowest BCUT2D eigenvalue weighted by Crippen LogP contribution is -2.10. The molecule has 1 atom stereocenters. The van der Waals surface area contributed by atoms with Crippen LogP contribution in [-0.2, 0) is 6.61 Å². The quantitative estimate of drug-likeness (QED) is 0.171. The smallest absolute Gasteiger partial charge is 0.204 e. The zero-order valence-electron chi connectivity index (χ0n) is 22.6. The monoisotopic (exact) mass is 562 g/mol. The minimum absolute atomic E-state index is 0.0629. The van der Waals surface area contributed by atoms with Crippen LogP contribution in [0, 0.1) is 41.8 Å². The molecule has 0 saturated carbocycles. The SMILES string of the molecule is CCCCCCOc1ccc(OCc2ccc(C3=CCC(c4ccc(C)c(F)c4F)CC3)c(F)c2F)c(F)c1F. The van der Waals surface area contributed by atoms with Gasteiger partial charge in [-0.2, -0.15) is 8.78 Å². The van der Waals surface area contributed by atoms with Crippen molar-refractivity contribution in [3.8, 4) is 11.5 Å². The average Bonchev–Trinajstić information content (AvgIpc) is 2.96. The van der Waals surface area contributed by atoms with E-state index in [4.69, 9.17) is 9.47 Å². The van der Waals surface area contributed by atoms with Crippen LogP contribution in [0.5, 0.6) is 11.5 Å². The number of allylic oxidation sites excluding steroid dienone is 2. The fourth-order valence-corrected chi connectivity index (χ4v) is 4.89. The summed E-state index contributed by atoms with van der Waals surface area (Å²) in [4.78, 5) is 0. The molecule has 0 aliphatic heterocycles. The largest absolute Gasteiger partial charge is 0.490 e. The van der Waals surface area contributed by atoms with Crippen molar-refractivity contribution in [2.24, 2.45) is 0 Å². The number of aryl methyl sites for hydroxylation is 1. The van der Waals surface area contributed by atoms with Gasteiger partial charge in [-0.05, 0) is 67.4 Å². The van der Waals surface area contributed by atoms with Crippen LogP contribution in [0.3, 0.4) is 0 Å². The highest BCUT2D eigenvalue weighted by atomic mass is 19.2. The molecule has 0 aromatic heterocycles. The number of halogens is 6. The van der Waals surface area contributed by atoms with Crippen LogP contribution in [0.1, 0.15) is 80.0 Å². The molecule has 8 heteroatoms. The third kappa shape index (κ3) is 6.48. The molecule has 0 heterocycles. The summed E-state index contributed by atoms with van der Waals surface area (Å²) in [6.07, 6.45) is 6.58. The van der Waals surface area contributed by atoms with E-state index in [1.807, 2.05) is 0 Å². The third-order valence-corrected chi connectivity index (χ3v) is 7.31. The van der Waals surface area contributed by atoms with Gasteiger partial charge >= 0.3 is 0 Å². The van der Waals surface area contributed by atoms with E-state index in [1.165, 1.54) is 37.3 Å². The standard InChI is InChI=1S/C32H32F6O2/c1-3-4-5-6-17-39-25-15-16-26(32(38)31(25)37)40-18-22-12-14-24(30(36)28(22)34)21-10-8-20(9-11-21)23-13-7-19(2)27(33)29(23)35/h7,10,12-16,20H,3-6,8-9,11,17-18H2,1-2H3. The van der Waals surface area contributed by atoms with Crippen molar-refractivity contribution in [1.29, 1.82) is 0 Å². The topological polar surface area (TPSA) is 18.5 Å². The van der Waals surface area contributed by atoms with Gasteiger partial charge in [-0.25, -0.2) is 17.6 Å². The summed E-state index contributed by atoms with van der Waals surface area (Å²) >= 11 is 0. The molecular formula is C32H32F6O2. The van der Waals surface area contributed by atoms with Gasteiger partial charge < -0.3 is 9.47 Å². The van der Waals surface area contributed by atoms with Gasteiger partial charge in [0.25, 0.3) is 0 Å². The maximum absolute atomic E-state index is 15.0. The second-order valence-corrected chi connectivity index (χ2v) is 10.1. The lowest BCUT2D eigenvalue weighted by Gasteiger charge is -2.24. The molecule has 0 bridgehead atoms. The van der Waals surface area contributed by atoms with E-state index in [1.54, 1.807) is 12.1 Å². The summed E-state index contributed by atoms with van der Waals surface area (Å²) in [5.74, 6) is -7.40. The Kier molecular flexibility index (Phi) is 9.82. The van der Waals surface area contributed by atoms with Crippen molar-refractivity contribution in [2.75, 3.05) is 6.61 Å². The summed E-state index contributed by atoms with van der Waals surface area (Å²) < 4.78 is 97.8. The third-order valence-electron chi connectivity index (χ3n) is 7.31. The van der Waals surface area contributed by atoms with E-state index in [2.05, 4.69) is 6.92 Å². The zero-order chi connectivity index (χ0) is 28.8. The predicted octanol–water partition coefficient (Wildman–Crippen LogP) is 9.72. The molecule has 0 fully saturated rings. The number of benzene rings is 3. The Bertz CT molecular complexity index is 1380. The Morgan fingerprint density at radius 2 is 1.45 bits per heavy atom. The van der Waals surface area contributed by atoms with Crippen LogP contribution >= 0.6 is 0 Å². The lowest BCUT2D eigenvalue weighted by atomic mass is 9.82. The van der Waals surface area contributed by atoms with Gasteiger partial charge in [0.15, 0.2) is 34.8 Å². The van der Waals surface area contributed by atoms with Crippen molar-refractivity contribution in [2.45, 2.75) is 71.3 Å². The summed E-state index contributed by atoms with van der Waals surface area (Å²) in [7, 11) is 0. The van der Waals surface area contributed by atoms with Crippen LogP contribution in [0.4, 0.5) is 26.3 Å². The minimum atomic E-state index is -1.27. The number of rotatable bonds is 11. The molecule has 0 spiro atoms. The van der Waals surface area contributed by atoms with Gasteiger partial charge in [-0.3, -0.25) is 0 Å². The van der Waals surface area contributed by atoms with Gasteiger partial charge in [0.05, 0.1) is 6.61 Å². The molecule has 3 aromatic rings. The first-order chi connectivity index (χ1) is 19.2. The number of ether oxygens (including phenoxy) is 2. The molecule has 1 aliphatic rings. The Balaban J connectivity index is 1.41. The van der Waals surface area contributed by atoms with Crippen LogP contribution in [0.25, 0.3) is 5.57 Å². The van der Waals surface area contributed by atoms with E-state index < -0.39 is 47.3 Å². The van der Waals surface area contributed by atoms with Crippen molar-refractivity contribution in [3.05, 3.63) is 99.6 Å². The molecule has 1 unspecified atom stereocenters. The van der Waals surface area contributed by atoms with Gasteiger partial charge in [0, 0.05) is 11.1 Å². The molecule has 0 amide bonds. The normalized spacial score (nSPS) is 15.2. The molecule has 1 aliphatic carbocycles. The van der Waals surface area contributed by atoms with E-state index in [0.717, 1.165) is 25.7 Å². The molecule has 2 nitrogen and oxygen atoms in total. The lowest BCUT2D eigenvalue weighted by molar-refractivity contribution is 0.262. The number of unbranched alkanes of at least 4 members (excludes halogenated alkanes) is 3. The first-order valence-electron chi connectivity index (χ1n) is 13.6. The maximum Gasteiger partial charge on any atom is 0.204 e. The summed E-state index contributed by atoms with van der Waals surface area (Å²) in [6, 6.07) is 8.26. The Labute approximate surface area is 230 Å². The van der Waals surface area contributed by atoms with E-state index in [-0.39, 0.29) is 40.5 Å². The van der Waals surface area contributed by atoms with Gasteiger partial charge in [0.1, 0.15) is 6.61 Å². The Morgan fingerprint density at radius 3 is 2.12 bits per heavy atom. The molecule has 0 radical (unpaired) electrons. The molecule has 0 N–H and O–H groups in total. The van der Waals surface area contributed by atoms with Crippen LogP contribution in [0.2, 0.25) is 0 Å². The summed E-state index contributed by atoms with van der Waals surface area (Å²) in [6.45, 7) is 3.29. The molecule has 214 valence electrons. The highest BCUT2D eigenvalue weighted by Crippen LogP contribution is 2.39. The summed E-state index contributed by atoms with van der Waals surface area (Å²) in [5.41, 5.74) is 0.956. The van der Waals surface area contributed by atoms with E-state index in [0.29, 0.717) is 24.8 Å². The molecule has 40 heavy (non-hydrogen) atoms. The molecule has 0 saturated heterocycles. The molecule has 3 aromatic carbocycles. The van der Waals surface area contributed by atoms with Crippen LogP contribution in [0.15, 0.2) is 42.5 Å². The van der Waals surface area contributed by atoms with Crippen molar-refractivity contribution in [3.63, 3.8) is 0 Å². The maximum atomic E-state index is 15.0. The molecule has 4 rings (SSSR count). The summed E-state index contributed by atoms with van der Waals surface area (Å²) in [5, 5.41) is 0. The highest BCUT2D eigenvalue weighted by Gasteiger charge is 2.25. The first kappa shape index (κ1) is 29.6. The number of hydrogen-bond donors (Lipinski definition) is 0. The van der Waals surface area contributed by atoms with Gasteiger partial charge in [-0.1, -0.05) is 56.5 Å². The zero-order valence-corrected chi connectivity index (χ0v) is 22.6. The predicted molar refractivity (Wildman–Crippen MR) is 142 cm³/mol. The Hall–Kier alpha value is -3.42. The van der Waals surface area contributed by atoms with Crippen molar-refractivity contribution < 1.29 is 35.8 Å². The number of hydrogen-bond acceptors (Lipinski definition) is 2. The minimum Gasteiger partial charge on any atom is -0.490 e. The first-order valence-corrected chi connectivity index (χ1v) is 13.6. The van der Waals surface area contributed by atoms with Crippen LogP contribution < -0.4 is 9.47 Å². The highest BCUT2D eigenvalue weighted by molar-refractivity contribution is 5.67. The average molecular weight is 563 g/mol.